The van der Waals surface area contributed by atoms with Gasteiger partial charge in [0.1, 0.15) is 12.4 Å². The molecular weight excluding hydrogens is 244 g/mol. The van der Waals surface area contributed by atoms with Gasteiger partial charge in [0.05, 0.1) is 19.5 Å². The van der Waals surface area contributed by atoms with E-state index in [0.29, 0.717) is 5.92 Å². The molecule has 0 aliphatic rings. The number of unbranched alkanes of at least 4 members (excludes halogenated alkanes) is 8. The van der Waals surface area contributed by atoms with Gasteiger partial charge in [0, 0.05) is 0 Å². The first-order valence-electron chi connectivity index (χ1n) is 8.71. The molecule has 2 nitrogen and oxygen atoms in total. The molecule has 0 atom stereocenters. The van der Waals surface area contributed by atoms with Crippen LogP contribution < -0.4 is 4.57 Å². The fourth-order valence-electron chi connectivity index (χ4n) is 3.06. The first kappa shape index (κ1) is 17.3. The van der Waals surface area contributed by atoms with Crippen LogP contribution in [-0.4, -0.2) is 4.57 Å². The molecule has 0 saturated heterocycles. The van der Waals surface area contributed by atoms with Crippen molar-refractivity contribution in [2.75, 3.05) is 0 Å². The molecule has 0 saturated carbocycles. The average molecular weight is 279 g/mol. The van der Waals surface area contributed by atoms with Crippen molar-refractivity contribution in [3.8, 4) is 0 Å². The van der Waals surface area contributed by atoms with Gasteiger partial charge in [0.15, 0.2) is 0 Å². The highest BCUT2D eigenvalue weighted by molar-refractivity contribution is 4.89. The smallest absolute Gasteiger partial charge is 0.237 e. The van der Waals surface area contributed by atoms with E-state index in [1.807, 2.05) is 0 Å². The van der Waals surface area contributed by atoms with Crippen LogP contribution >= 0.6 is 0 Å². The number of rotatable bonds is 11. The summed E-state index contributed by atoms with van der Waals surface area (Å²) in [4.78, 5) is 0. The summed E-state index contributed by atoms with van der Waals surface area (Å²) in [6.45, 7) is 8.03. The maximum absolute atomic E-state index is 2.44. The van der Waals surface area contributed by atoms with Crippen molar-refractivity contribution in [2.24, 2.45) is 7.05 Å². The number of aromatic nitrogens is 2. The molecule has 0 fully saturated rings. The minimum absolute atomic E-state index is 0.605. The Hall–Kier alpha value is -0.790. The second kappa shape index (κ2) is 10.0. The summed E-state index contributed by atoms with van der Waals surface area (Å²) in [7, 11) is 2.15. The lowest BCUT2D eigenvalue weighted by atomic mass is 10.1. The zero-order valence-electron chi connectivity index (χ0n) is 14.2. The first-order valence-corrected chi connectivity index (χ1v) is 8.71. The van der Waals surface area contributed by atoms with Gasteiger partial charge in [-0.05, 0) is 12.8 Å². The van der Waals surface area contributed by atoms with Crippen molar-refractivity contribution < 1.29 is 4.57 Å². The molecule has 1 aromatic rings. The summed E-state index contributed by atoms with van der Waals surface area (Å²) in [6.07, 6.45) is 17.1. The molecule has 1 heterocycles. The van der Waals surface area contributed by atoms with Crippen molar-refractivity contribution in [1.82, 2.24) is 4.57 Å². The normalized spacial score (nSPS) is 11.4. The van der Waals surface area contributed by atoms with Crippen LogP contribution in [0.5, 0.6) is 0 Å². The molecule has 0 amide bonds. The lowest BCUT2D eigenvalue weighted by Crippen LogP contribution is -2.33. The van der Waals surface area contributed by atoms with Gasteiger partial charge in [-0.3, -0.25) is 0 Å². The molecule has 20 heavy (non-hydrogen) atoms. The summed E-state index contributed by atoms with van der Waals surface area (Å²) in [5, 5.41) is 0. The minimum atomic E-state index is 0.605. The van der Waals surface area contributed by atoms with Gasteiger partial charge in [-0.25, -0.2) is 9.13 Å². The SMILES string of the molecule is CCCCCCCCCCCn1cc[n+](C)c1C(C)C. The highest BCUT2D eigenvalue weighted by atomic mass is 15.1. The molecule has 0 aliphatic heterocycles. The van der Waals surface area contributed by atoms with E-state index in [1.54, 1.807) is 0 Å². The predicted molar refractivity (Wildman–Crippen MR) is 86.9 cm³/mol. The van der Waals surface area contributed by atoms with Crippen LogP contribution in [0.15, 0.2) is 12.4 Å². The van der Waals surface area contributed by atoms with E-state index in [9.17, 15) is 0 Å². The van der Waals surface area contributed by atoms with E-state index < -0.39 is 0 Å². The Kier molecular flexibility index (Phi) is 8.64. The number of nitrogens with zero attached hydrogens (tertiary/aromatic N) is 2. The largest absolute Gasteiger partial charge is 0.258 e. The van der Waals surface area contributed by atoms with Crippen LogP contribution in [0, 0.1) is 0 Å². The van der Waals surface area contributed by atoms with Gasteiger partial charge in [-0.15, -0.1) is 0 Å². The van der Waals surface area contributed by atoms with E-state index >= 15 is 0 Å². The third kappa shape index (κ3) is 6.11. The Morgan fingerprint density at radius 3 is 2.05 bits per heavy atom. The predicted octanol–water partition coefficient (Wildman–Crippen LogP) is 4.97. The topological polar surface area (TPSA) is 8.81 Å². The zero-order chi connectivity index (χ0) is 14.8. The minimum Gasteiger partial charge on any atom is -0.237 e. The molecule has 2 heteroatoms. The molecule has 0 radical (unpaired) electrons. The van der Waals surface area contributed by atoms with Gasteiger partial charge in [-0.1, -0.05) is 65.7 Å². The summed E-state index contributed by atoms with van der Waals surface area (Å²) in [6, 6.07) is 0. The molecule has 1 rings (SSSR count). The fraction of sp³-hybridized carbons (Fsp3) is 0.833. The quantitative estimate of drug-likeness (QED) is 0.399. The van der Waals surface area contributed by atoms with Crippen LogP contribution in [0.1, 0.15) is 90.3 Å². The molecule has 0 aliphatic carbocycles. The van der Waals surface area contributed by atoms with E-state index in [-0.39, 0.29) is 0 Å². The van der Waals surface area contributed by atoms with Crippen LogP contribution in [0.4, 0.5) is 0 Å². The Labute approximate surface area is 126 Å². The van der Waals surface area contributed by atoms with E-state index in [1.165, 1.54) is 70.2 Å². The van der Waals surface area contributed by atoms with E-state index in [4.69, 9.17) is 0 Å². The zero-order valence-corrected chi connectivity index (χ0v) is 14.2. The third-order valence-electron chi connectivity index (χ3n) is 4.14. The second-order valence-corrected chi connectivity index (χ2v) is 6.44. The van der Waals surface area contributed by atoms with Crippen molar-refractivity contribution in [2.45, 2.75) is 91.0 Å². The Morgan fingerprint density at radius 1 is 0.950 bits per heavy atom. The summed E-state index contributed by atoms with van der Waals surface area (Å²) < 4.78 is 4.70. The standard InChI is InChI=1S/C18H35N2/c1-5-6-7-8-9-10-11-12-13-14-20-16-15-19(4)18(20)17(2)3/h15-17H,5-14H2,1-4H3/q+1. The van der Waals surface area contributed by atoms with Gasteiger partial charge < -0.3 is 0 Å². The molecule has 0 unspecified atom stereocenters. The number of hydrogen-bond donors (Lipinski definition) is 0. The fourth-order valence-corrected chi connectivity index (χ4v) is 3.06. The van der Waals surface area contributed by atoms with Gasteiger partial charge >= 0.3 is 0 Å². The maximum Gasteiger partial charge on any atom is 0.258 e. The number of imidazole rings is 1. The van der Waals surface area contributed by atoms with Gasteiger partial charge in [0.2, 0.25) is 0 Å². The van der Waals surface area contributed by atoms with Gasteiger partial charge in [0.25, 0.3) is 5.82 Å². The first-order chi connectivity index (χ1) is 9.66. The lowest BCUT2D eigenvalue weighted by Gasteiger charge is -2.06. The Balaban J connectivity index is 2.10. The Morgan fingerprint density at radius 2 is 1.50 bits per heavy atom. The third-order valence-corrected chi connectivity index (χ3v) is 4.14. The molecule has 1 aromatic heterocycles. The summed E-state index contributed by atoms with van der Waals surface area (Å²) in [5.41, 5.74) is 0. The lowest BCUT2D eigenvalue weighted by molar-refractivity contribution is -0.680. The highest BCUT2D eigenvalue weighted by Crippen LogP contribution is 2.13. The molecule has 0 bridgehead atoms. The molecule has 0 N–H and O–H groups in total. The van der Waals surface area contributed by atoms with Crippen LogP contribution in [0.2, 0.25) is 0 Å². The van der Waals surface area contributed by atoms with Crippen LogP contribution in [0.25, 0.3) is 0 Å². The molecule has 116 valence electrons. The average Bonchev–Trinajstić information content (AvgIpc) is 2.78. The summed E-state index contributed by atoms with van der Waals surface area (Å²) in [5.74, 6) is 2.05. The number of hydrogen-bond acceptors (Lipinski definition) is 0. The van der Waals surface area contributed by atoms with Crippen LogP contribution in [0.3, 0.4) is 0 Å². The highest BCUT2D eigenvalue weighted by Gasteiger charge is 2.17. The van der Waals surface area contributed by atoms with Gasteiger partial charge in [-0.2, -0.15) is 0 Å². The molecular formula is C18H35N2+. The number of aryl methyl sites for hydroxylation is 2. The maximum atomic E-state index is 2.44. The van der Waals surface area contributed by atoms with Crippen molar-refractivity contribution in [3.05, 3.63) is 18.2 Å². The monoisotopic (exact) mass is 279 g/mol. The van der Waals surface area contributed by atoms with Crippen molar-refractivity contribution in [3.63, 3.8) is 0 Å². The second-order valence-electron chi connectivity index (χ2n) is 6.44. The van der Waals surface area contributed by atoms with E-state index in [2.05, 4.69) is 49.3 Å². The molecule has 0 aromatic carbocycles. The summed E-state index contributed by atoms with van der Waals surface area (Å²) >= 11 is 0. The molecule has 0 spiro atoms. The van der Waals surface area contributed by atoms with Crippen LogP contribution in [-0.2, 0) is 13.6 Å². The van der Waals surface area contributed by atoms with E-state index in [0.717, 1.165) is 0 Å². The Bertz CT molecular complexity index is 352. The van der Waals surface area contributed by atoms with Crippen molar-refractivity contribution in [1.29, 1.82) is 0 Å². The van der Waals surface area contributed by atoms with Crippen molar-refractivity contribution >= 4 is 0 Å².